The van der Waals surface area contributed by atoms with Gasteiger partial charge in [0.05, 0.1) is 36.5 Å². The maximum Gasteiger partial charge on any atom is 0.259 e. The summed E-state index contributed by atoms with van der Waals surface area (Å²) < 4.78 is 25.8. The van der Waals surface area contributed by atoms with Gasteiger partial charge >= 0.3 is 0 Å². The van der Waals surface area contributed by atoms with Crippen molar-refractivity contribution in [2.45, 2.75) is 31.1 Å². The van der Waals surface area contributed by atoms with Crippen LogP contribution in [0.3, 0.4) is 0 Å². The summed E-state index contributed by atoms with van der Waals surface area (Å²) in [5, 5.41) is 7.54. The van der Waals surface area contributed by atoms with Crippen LogP contribution in [0.5, 0.6) is 11.5 Å². The molecular weight excluding hydrogens is 429 g/mol. The van der Waals surface area contributed by atoms with E-state index in [-0.39, 0.29) is 30.4 Å². The molecule has 0 spiro atoms. The number of alkyl halides is 1. The number of aromatic nitrogens is 1. The van der Waals surface area contributed by atoms with Crippen LogP contribution in [0.1, 0.15) is 23.2 Å². The Bertz CT molecular complexity index is 1050. The number of halogens is 2. The van der Waals surface area contributed by atoms with Gasteiger partial charge in [-0.25, -0.2) is 9.37 Å². The van der Waals surface area contributed by atoms with E-state index in [4.69, 9.17) is 21.1 Å². The predicted molar refractivity (Wildman–Crippen MR) is 117 cm³/mol. The topological polar surface area (TPSA) is 72.5 Å². The quantitative estimate of drug-likeness (QED) is 0.571. The van der Waals surface area contributed by atoms with Crippen LogP contribution in [0.2, 0.25) is 5.02 Å². The highest BCUT2D eigenvalue weighted by Gasteiger charge is 2.37. The molecule has 0 aliphatic heterocycles. The summed E-state index contributed by atoms with van der Waals surface area (Å²) >= 11 is 7.49. The first-order valence-corrected chi connectivity index (χ1v) is 10.7. The van der Waals surface area contributed by atoms with E-state index in [0.29, 0.717) is 21.7 Å². The fourth-order valence-corrected chi connectivity index (χ4v) is 4.93. The lowest BCUT2D eigenvalue weighted by molar-refractivity contribution is 0.0928. The lowest BCUT2D eigenvalue weighted by Crippen LogP contribution is -2.43. The SMILES string of the molecule is COc1cccc(OC)c1C(=O)N[C@H]1CC(F)C[C@@H]1Nc1nc2ccc(Cl)cc2s1. The summed E-state index contributed by atoms with van der Waals surface area (Å²) in [4.78, 5) is 17.5. The zero-order chi connectivity index (χ0) is 21.3. The molecule has 1 unspecified atom stereocenters. The molecule has 1 saturated carbocycles. The molecule has 0 bridgehead atoms. The van der Waals surface area contributed by atoms with Gasteiger partial charge in [-0.2, -0.15) is 0 Å². The molecule has 6 nitrogen and oxygen atoms in total. The number of benzene rings is 2. The number of carbonyl (C=O) groups excluding carboxylic acids is 1. The summed E-state index contributed by atoms with van der Waals surface area (Å²) in [5.41, 5.74) is 1.11. The summed E-state index contributed by atoms with van der Waals surface area (Å²) in [5.74, 6) is 0.426. The predicted octanol–water partition coefficient (Wildman–Crippen LogP) is 4.68. The molecule has 1 fully saturated rings. The number of thiazole rings is 1. The van der Waals surface area contributed by atoms with Crippen molar-refractivity contribution >= 4 is 44.2 Å². The van der Waals surface area contributed by atoms with Crippen LogP contribution >= 0.6 is 22.9 Å². The Morgan fingerprint density at radius 2 is 1.87 bits per heavy atom. The number of amides is 1. The van der Waals surface area contributed by atoms with Crippen LogP contribution in [-0.4, -0.2) is 43.4 Å². The number of anilines is 1. The fourth-order valence-electron chi connectivity index (χ4n) is 3.73. The second-order valence-electron chi connectivity index (χ2n) is 7.07. The average Bonchev–Trinajstić information content (AvgIpc) is 3.28. The molecule has 1 amide bonds. The Hall–Kier alpha value is -2.58. The second kappa shape index (κ2) is 8.65. The maximum absolute atomic E-state index is 14.3. The third-order valence-corrected chi connectivity index (χ3v) is 6.32. The summed E-state index contributed by atoms with van der Waals surface area (Å²) in [6, 6.07) is 9.89. The van der Waals surface area contributed by atoms with Crippen molar-refractivity contribution in [2.24, 2.45) is 0 Å². The minimum Gasteiger partial charge on any atom is -0.496 e. The van der Waals surface area contributed by atoms with Crippen LogP contribution in [0, 0.1) is 0 Å². The van der Waals surface area contributed by atoms with Gasteiger partial charge in [0.25, 0.3) is 5.91 Å². The van der Waals surface area contributed by atoms with Gasteiger partial charge in [0, 0.05) is 17.9 Å². The highest BCUT2D eigenvalue weighted by atomic mass is 35.5. The molecule has 1 aliphatic carbocycles. The minimum absolute atomic E-state index is 0.220. The van der Waals surface area contributed by atoms with Gasteiger partial charge in [0.1, 0.15) is 23.2 Å². The zero-order valence-corrected chi connectivity index (χ0v) is 18.0. The van der Waals surface area contributed by atoms with E-state index in [1.54, 1.807) is 24.3 Å². The molecule has 3 aromatic rings. The number of rotatable bonds is 6. The second-order valence-corrected chi connectivity index (χ2v) is 8.54. The number of hydrogen-bond acceptors (Lipinski definition) is 6. The van der Waals surface area contributed by atoms with Gasteiger partial charge in [0.15, 0.2) is 5.13 Å². The van der Waals surface area contributed by atoms with Crippen molar-refractivity contribution in [3.8, 4) is 11.5 Å². The molecular formula is C21H21ClFN3O3S. The van der Waals surface area contributed by atoms with E-state index < -0.39 is 12.2 Å². The number of nitrogens with one attached hydrogen (secondary N) is 2. The van der Waals surface area contributed by atoms with Crippen molar-refractivity contribution < 1.29 is 18.7 Å². The van der Waals surface area contributed by atoms with Crippen LogP contribution in [0.4, 0.5) is 9.52 Å². The zero-order valence-electron chi connectivity index (χ0n) is 16.4. The molecule has 3 atom stereocenters. The first-order chi connectivity index (χ1) is 14.5. The molecule has 1 aromatic heterocycles. The van der Waals surface area contributed by atoms with Gasteiger partial charge in [-0.15, -0.1) is 0 Å². The summed E-state index contributed by atoms with van der Waals surface area (Å²) in [6.45, 7) is 0. The minimum atomic E-state index is -1.02. The lowest BCUT2D eigenvalue weighted by atomic mass is 10.1. The van der Waals surface area contributed by atoms with Gasteiger partial charge in [-0.1, -0.05) is 29.0 Å². The number of methoxy groups -OCH3 is 2. The molecule has 9 heteroatoms. The normalized spacial score (nSPS) is 20.9. The Labute approximate surface area is 182 Å². The lowest BCUT2D eigenvalue weighted by Gasteiger charge is -2.22. The first-order valence-electron chi connectivity index (χ1n) is 9.47. The van der Waals surface area contributed by atoms with Gasteiger partial charge < -0.3 is 20.1 Å². The Balaban J connectivity index is 1.54. The average molecular weight is 450 g/mol. The molecule has 2 aromatic carbocycles. The van der Waals surface area contributed by atoms with Crippen LogP contribution in [0.25, 0.3) is 10.2 Å². The van der Waals surface area contributed by atoms with E-state index >= 15 is 0 Å². The number of fused-ring (bicyclic) bond motifs is 1. The standard InChI is InChI=1S/C21H21ClFN3O3S/c1-28-16-4-3-5-17(29-2)19(16)20(27)24-14-9-12(23)10-15(14)26-21-25-13-7-6-11(22)8-18(13)30-21/h3-8,12,14-15H,9-10H2,1-2H3,(H,24,27)(H,25,26)/t12?,14-,15-/m0/s1. The molecule has 0 radical (unpaired) electrons. The van der Waals surface area contributed by atoms with Crippen molar-refractivity contribution in [3.63, 3.8) is 0 Å². The maximum atomic E-state index is 14.3. The molecule has 0 saturated heterocycles. The molecule has 30 heavy (non-hydrogen) atoms. The third-order valence-electron chi connectivity index (χ3n) is 5.14. The number of nitrogens with zero attached hydrogens (tertiary/aromatic N) is 1. The van der Waals surface area contributed by atoms with E-state index in [0.717, 1.165) is 10.2 Å². The van der Waals surface area contributed by atoms with Crippen LogP contribution in [-0.2, 0) is 0 Å². The van der Waals surface area contributed by atoms with Crippen LogP contribution < -0.4 is 20.1 Å². The molecule has 1 heterocycles. The van der Waals surface area contributed by atoms with Crippen LogP contribution in [0.15, 0.2) is 36.4 Å². The first kappa shape index (κ1) is 20.7. The van der Waals surface area contributed by atoms with Crippen molar-refractivity contribution in [2.75, 3.05) is 19.5 Å². The molecule has 1 aliphatic rings. The van der Waals surface area contributed by atoms with E-state index in [2.05, 4.69) is 15.6 Å². The van der Waals surface area contributed by atoms with Crippen molar-refractivity contribution in [1.29, 1.82) is 0 Å². The smallest absolute Gasteiger partial charge is 0.259 e. The monoisotopic (exact) mass is 449 g/mol. The van der Waals surface area contributed by atoms with E-state index in [1.165, 1.54) is 25.6 Å². The van der Waals surface area contributed by atoms with E-state index in [1.807, 2.05) is 12.1 Å². The Morgan fingerprint density at radius 3 is 2.57 bits per heavy atom. The number of carbonyl (C=O) groups is 1. The van der Waals surface area contributed by atoms with Gasteiger partial charge in [-0.3, -0.25) is 4.79 Å². The highest BCUT2D eigenvalue weighted by Crippen LogP contribution is 2.33. The van der Waals surface area contributed by atoms with Crippen molar-refractivity contribution in [1.82, 2.24) is 10.3 Å². The molecule has 158 valence electrons. The number of hydrogen-bond donors (Lipinski definition) is 2. The van der Waals surface area contributed by atoms with Gasteiger partial charge in [-0.05, 0) is 30.3 Å². The van der Waals surface area contributed by atoms with E-state index in [9.17, 15) is 9.18 Å². The highest BCUT2D eigenvalue weighted by molar-refractivity contribution is 7.22. The fraction of sp³-hybridized carbons (Fsp3) is 0.333. The Kier molecular flexibility index (Phi) is 5.97. The Morgan fingerprint density at radius 1 is 1.17 bits per heavy atom. The van der Waals surface area contributed by atoms with Gasteiger partial charge in [0.2, 0.25) is 0 Å². The summed E-state index contributed by atoms with van der Waals surface area (Å²) in [6.07, 6.45) is -0.515. The largest absolute Gasteiger partial charge is 0.496 e. The number of ether oxygens (including phenoxy) is 2. The van der Waals surface area contributed by atoms with Crippen molar-refractivity contribution in [3.05, 3.63) is 47.0 Å². The summed E-state index contributed by atoms with van der Waals surface area (Å²) in [7, 11) is 2.98. The molecule has 2 N–H and O–H groups in total. The third kappa shape index (κ3) is 4.15. The molecule has 4 rings (SSSR count).